The smallest absolute Gasteiger partial charge is 0.343 e. The Morgan fingerprint density at radius 2 is 1.76 bits per heavy atom. The molecule has 0 amide bonds. The minimum atomic E-state index is -0.477. The Labute approximate surface area is 225 Å². The maximum Gasteiger partial charge on any atom is 0.343 e. The fourth-order valence-corrected chi connectivity index (χ4v) is 4.50. The summed E-state index contributed by atoms with van der Waals surface area (Å²) in [4.78, 5) is 12.6. The Morgan fingerprint density at radius 1 is 1.00 bits per heavy atom. The van der Waals surface area contributed by atoms with Crippen molar-refractivity contribution in [2.45, 2.75) is 19.4 Å². The summed E-state index contributed by atoms with van der Waals surface area (Å²) in [5.41, 5.74) is 10.3. The number of carbonyl (C=O) groups excluding carboxylic acids is 1. The van der Waals surface area contributed by atoms with Crippen molar-refractivity contribution in [1.82, 2.24) is 0 Å². The molecule has 4 aromatic rings. The number of hydrogen-bond acceptors (Lipinski definition) is 6. The van der Waals surface area contributed by atoms with Gasteiger partial charge in [-0.05, 0) is 48.9 Å². The maximum atomic E-state index is 12.6. The van der Waals surface area contributed by atoms with Crippen molar-refractivity contribution in [2.75, 3.05) is 0 Å². The molecule has 1 atom stereocenters. The second kappa shape index (κ2) is 10.7. The van der Waals surface area contributed by atoms with Gasteiger partial charge in [-0.1, -0.05) is 65.7 Å². The first kappa shape index (κ1) is 24.9. The standard InChI is InChI=1S/C31H23ClN2O4/c1-19-5-4-7-21(15-19)31(35)37-24-13-14-25-28(16-24)38-30(34)26(17-33)29(25)20-9-11-23(12-10-20)36-18-22-6-2-3-8-27(22)32/h2-16,29H,18,34H2,1H3. The zero-order valence-electron chi connectivity index (χ0n) is 20.5. The molecule has 0 bridgehead atoms. The first-order valence-electron chi connectivity index (χ1n) is 11.9. The van der Waals surface area contributed by atoms with Crippen LogP contribution in [0.3, 0.4) is 0 Å². The molecule has 6 nitrogen and oxygen atoms in total. The normalized spacial score (nSPS) is 14.2. The van der Waals surface area contributed by atoms with Crippen molar-refractivity contribution in [3.63, 3.8) is 0 Å². The number of rotatable bonds is 6. The van der Waals surface area contributed by atoms with Gasteiger partial charge in [0.1, 0.15) is 35.5 Å². The molecule has 0 spiro atoms. The van der Waals surface area contributed by atoms with E-state index < -0.39 is 11.9 Å². The van der Waals surface area contributed by atoms with Crippen LogP contribution in [0.4, 0.5) is 0 Å². The number of ether oxygens (including phenoxy) is 3. The van der Waals surface area contributed by atoms with Crippen LogP contribution >= 0.6 is 11.6 Å². The third-order valence-electron chi connectivity index (χ3n) is 6.22. The van der Waals surface area contributed by atoms with Crippen LogP contribution in [0.5, 0.6) is 17.2 Å². The van der Waals surface area contributed by atoms with Gasteiger partial charge in [0, 0.05) is 22.2 Å². The van der Waals surface area contributed by atoms with E-state index in [-0.39, 0.29) is 5.88 Å². The molecule has 1 aliphatic rings. The number of hydrogen-bond donors (Lipinski definition) is 1. The lowest BCUT2D eigenvalue weighted by Crippen LogP contribution is -2.21. The molecule has 188 valence electrons. The summed E-state index contributed by atoms with van der Waals surface area (Å²) in [6.45, 7) is 2.24. The topological polar surface area (TPSA) is 94.6 Å². The van der Waals surface area contributed by atoms with Crippen molar-refractivity contribution >= 4 is 17.6 Å². The van der Waals surface area contributed by atoms with Gasteiger partial charge in [-0.3, -0.25) is 0 Å². The highest BCUT2D eigenvalue weighted by Crippen LogP contribution is 2.43. The monoisotopic (exact) mass is 522 g/mol. The number of allylic oxidation sites excluding steroid dienone is 1. The van der Waals surface area contributed by atoms with Crippen LogP contribution in [0, 0.1) is 18.3 Å². The molecule has 4 aromatic carbocycles. The van der Waals surface area contributed by atoms with Crippen LogP contribution in [-0.2, 0) is 6.61 Å². The zero-order valence-corrected chi connectivity index (χ0v) is 21.2. The van der Waals surface area contributed by atoms with E-state index in [1.165, 1.54) is 0 Å². The van der Waals surface area contributed by atoms with Gasteiger partial charge < -0.3 is 19.9 Å². The molecule has 1 unspecified atom stereocenters. The highest BCUT2D eigenvalue weighted by Gasteiger charge is 2.31. The summed E-state index contributed by atoms with van der Waals surface area (Å²) in [6.07, 6.45) is 0. The van der Waals surface area contributed by atoms with Crippen LogP contribution in [0.25, 0.3) is 0 Å². The third-order valence-corrected chi connectivity index (χ3v) is 6.59. The molecule has 0 radical (unpaired) electrons. The average Bonchev–Trinajstić information content (AvgIpc) is 2.92. The second-order valence-corrected chi connectivity index (χ2v) is 9.24. The zero-order chi connectivity index (χ0) is 26.6. The lowest BCUT2D eigenvalue weighted by atomic mass is 9.83. The van der Waals surface area contributed by atoms with Crippen LogP contribution in [0.15, 0.2) is 102 Å². The van der Waals surface area contributed by atoms with E-state index in [1.807, 2.05) is 61.5 Å². The lowest BCUT2D eigenvalue weighted by Gasteiger charge is -2.26. The average molecular weight is 523 g/mol. The summed E-state index contributed by atoms with van der Waals surface area (Å²) in [6, 6.07) is 29.4. The Bertz CT molecular complexity index is 1590. The molecule has 1 heterocycles. The van der Waals surface area contributed by atoms with Crippen molar-refractivity contribution in [2.24, 2.45) is 5.73 Å². The van der Waals surface area contributed by atoms with E-state index >= 15 is 0 Å². The first-order chi connectivity index (χ1) is 18.4. The summed E-state index contributed by atoms with van der Waals surface area (Å²) in [5.74, 6) is 0.462. The van der Waals surface area contributed by atoms with E-state index in [4.69, 9.17) is 31.5 Å². The number of halogens is 1. The number of fused-ring (bicyclic) bond motifs is 1. The van der Waals surface area contributed by atoms with Gasteiger partial charge >= 0.3 is 5.97 Å². The predicted molar refractivity (Wildman–Crippen MR) is 144 cm³/mol. The van der Waals surface area contributed by atoms with Crippen LogP contribution in [-0.4, -0.2) is 5.97 Å². The van der Waals surface area contributed by atoms with Gasteiger partial charge in [-0.15, -0.1) is 0 Å². The van der Waals surface area contributed by atoms with Gasteiger partial charge in [-0.2, -0.15) is 5.26 Å². The van der Waals surface area contributed by atoms with E-state index in [0.717, 1.165) is 22.3 Å². The van der Waals surface area contributed by atoms with Crippen LogP contribution in [0.2, 0.25) is 5.02 Å². The number of esters is 1. The van der Waals surface area contributed by atoms with Crippen molar-refractivity contribution in [1.29, 1.82) is 5.26 Å². The van der Waals surface area contributed by atoms with Crippen LogP contribution in [0.1, 0.15) is 38.5 Å². The van der Waals surface area contributed by atoms with Gasteiger partial charge in [0.05, 0.1) is 11.5 Å². The molecule has 0 fully saturated rings. The van der Waals surface area contributed by atoms with Crippen molar-refractivity contribution in [3.05, 3.63) is 135 Å². The van der Waals surface area contributed by atoms with Crippen LogP contribution < -0.4 is 19.9 Å². The fourth-order valence-electron chi connectivity index (χ4n) is 4.31. The molecule has 5 rings (SSSR count). The molecule has 0 aromatic heterocycles. The number of nitriles is 1. The van der Waals surface area contributed by atoms with Gasteiger partial charge in [0.15, 0.2) is 0 Å². The van der Waals surface area contributed by atoms with E-state index in [9.17, 15) is 10.1 Å². The molecule has 0 saturated heterocycles. The summed E-state index contributed by atoms with van der Waals surface area (Å²) >= 11 is 6.22. The Hall–Kier alpha value is -4.73. The Kier molecular flexibility index (Phi) is 7.03. The van der Waals surface area contributed by atoms with Gasteiger partial charge in [-0.25, -0.2) is 4.79 Å². The van der Waals surface area contributed by atoms with E-state index in [1.54, 1.807) is 36.4 Å². The first-order valence-corrected chi connectivity index (χ1v) is 12.3. The molecular formula is C31H23ClN2O4. The maximum absolute atomic E-state index is 12.6. The molecule has 38 heavy (non-hydrogen) atoms. The molecular weight excluding hydrogens is 500 g/mol. The number of benzene rings is 4. The molecule has 2 N–H and O–H groups in total. The highest BCUT2D eigenvalue weighted by atomic mass is 35.5. The van der Waals surface area contributed by atoms with Crippen molar-refractivity contribution < 1.29 is 19.0 Å². The Balaban J connectivity index is 1.38. The summed E-state index contributed by atoms with van der Waals surface area (Å²) < 4.78 is 17.2. The minimum Gasteiger partial charge on any atom is -0.489 e. The largest absolute Gasteiger partial charge is 0.489 e. The van der Waals surface area contributed by atoms with Gasteiger partial charge in [0.2, 0.25) is 5.88 Å². The van der Waals surface area contributed by atoms with E-state index in [2.05, 4.69) is 6.07 Å². The van der Waals surface area contributed by atoms with Gasteiger partial charge in [0.25, 0.3) is 0 Å². The Morgan fingerprint density at radius 3 is 2.50 bits per heavy atom. The minimum absolute atomic E-state index is 0.00575. The molecule has 0 saturated carbocycles. The highest BCUT2D eigenvalue weighted by molar-refractivity contribution is 6.31. The number of aryl methyl sites for hydroxylation is 1. The fraction of sp³-hybridized carbons (Fsp3) is 0.0968. The number of nitrogens with zero attached hydrogens (tertiary/aromatic N) is 1. The molecule has 0 aliphatic carbocycles. The third kappa shape index (κ3) is 5.19. The molecule has 7 heteroatoms. The SMILES string of the molecule is Cc1cccc(C(=O)Oc2ccc3c(c2)OC(N)=C(C#N)C3c2ccc(OCc3ccccc3Cl)cc2)c1. The summed E-state index contributed by atoms with van der Waals surface area (Å²) in [7, 11) is 0. The lowest BCUT2D eigenvalue weighted by molar-refractivity contribution is 0.0734. The van der Waals surface area contributed by atoms with Crippen molar-refractivity contribution in [3.8, 4) is 23.3 Å². The molecule has 1 aliphatic heterocycles. The summed E-state index contributed by atoms with van der Waals surface area (Å²) in [5, 5.41) is 10.5. The van der Waals surface area contributed by atoms with E-state index in [0.29, 0.717) is 40.0 Å². The number of nitrogens with two attached hydrogens (primary N) is 1. The second-order valence-electron chi connectivity index (χ2n) is 8.83. The number of carbonyl (C=O) groups is 1. The predicted octanol–water partition coefficient (Wildman–Crippen LogP) is 6.66. The quantitative estimate of drug-likeness (QED) is 0.224.